The molecule has 2 rings (SSSR count). The Bertz CT molecular complexity index is 362. The molecule has 0 spiro atoms. The summed E-state index contributed by atoms with van der Waals surface area (Å²) in [6.45, 7) is 5.76. The largest absolute Gasteiger partial charge is 0.481 e. The molecule has 2 heterocycles. The van der Waals surface area contributed by atoms with Gasteiger partial charge in [-0.15, -0.1) is 0 Å². The summed E-state index contributed by atoms with van der Waals surface area (Å²) in [6, 6.07) is 0.802. The third kappa shape index (κ3) is 3.44. The zero-order chi connectivity index (χ0) is 14.7. The number of hydrogen-bond donors (Lipinski definition) is 1. The topological polar surface area (TPSA) is 60.9 Å². The van der Waals surface area contributed by atoms with Crippen LogP contribution in [-0.4, -0.2) is 52.1 Å². The van der Waals surface area contributed by atoms with Crippen LogP contribution in [0.2, 0.25) is 0 Å². The van der Waals surface area contributed by atoms with E-state index in [0.717, 1.165) is 32.4 Å². The molecule has 5 nitrogen and oxygen atoms in total. The van der Waals surface area contributed by atoms with Crippen LogP contribution >= 0.6 is 0 Å². The number of amides is 2. The minimum absolute atomic E-state index is 0.155. The predicted molar refractivity (Wildman–Crippen MR) is 76.6 cm³/mol. The molecule has 3 atom stereocenters. The Morgan fingerprint density at radius 1 is 1.15 bits per heavy atom. The minimum Gasteiger partial charge on any atom is -0.481 e. The summed E-state index contributed by atoms with van der Waals surface area (Å²) in [5, 5.41) is 8.73. The van der Waals surface area contributed by atoms with Gasteiger partial charge in [-0.05, 0) is 51.9 Å². The zero-order valence-electron chi connectivity index (χ0n) is 12.5. The Balaban J connectivity index is 1.88. The van der Waals surface area contributed by atoms with Crippen LogP contribution in [0, 0.1) is 5.92 Å². The van der Waals surface area contributed by atoms with Crippen molar-refractivity contribution in [1.82, 2.24) is 9.80 Å². The predicted octanol–water partition coefficient (Wildman–Crippen LogP) is 2.56. The number of carbonyl (C=O) groups excluding carboxylic acids is 1. The first kappa shape index (κ1) is 15.1. The number of nitrogens with zero attached hydrogens (tertiary/aromatic N) is 2. The molecule has 1 N–H and O–H groups in total. The zero-order valence-corrected chi connectivity index (χ0v) is 12.5. The van der Waals surface area contributed by atoms with Crippen molar-refractivity contribution in [2.45, 2.75) is 64.5 Å². The average Bonchev–Trinajstić information content (AvgIpc) is 2.84. The van der Waals surface area contributed by atoms with Gasteiger partial charge in [0.15, 0.2) is 0 Å². The second-order valence-corrected chi connectivity index (χ2v) is 6.35. The summed E-state index contributed by atoms with van der Waals surface area (Å²) in [5.74, 6) is -0.390. The Kier molecular flexibility index (Phi) is 4.89. The van der Waals surface area contributed by atoms with Crippen molar-refractivity contribution in [3.63, 3.8) is 0 Å². The summed E-state index contributed by atoms with van der Waals surface area (Å²) < 4.78 is 0. The van der Waals surface area contributed by atoms with Crippen molar-refractivity contribution >= 4 is 12.0 Å². The maximum atomic E-state index is 12.6. The number of carboxylic acid groups (broad SMARTS) is 1. The van der Waals surface area contributed by atoms with Gasteiger partial charge in [0.2, 0.25) is 0 Å². The van der Waals surface area contributed by atoms with Crippen LogP contribution in [0.5, 0.6) is 0 Å². The molecule has 20 heavy (non-hydrogen) atoms. The summed E-state index contributed by atoms with van der Waals surface area (Å²) in [5.41, 5.74) is 0. The Morgan fingerprint density at radius 2 is 1.80 bits per heavy atom. The van der Waals surface area contributed by atoms with Gasteiger partial charge in [-0.1, -0.05) is 0 Å². The molecule has 0 saturated carbocycles. The van der Waals surface area contributed by atoms with E-state index in [2.05, 4.69) is 13.8 Å². The number of aliphatic carboxylic acids is 1. The molecule has 0 aliphatic carbocycles. The van der Waals surface area contributed by atoms with Crippen molar-refractivity contribution < 1.29 is 14.7 Å². The number of urea groups is 1. The highest BCUT2D eigenvalue weighted by Crippen LogP contribution is 2.27. The molecule has 2 saturated heterocycles. The molecule has 0 aromatic heterocycles. The van der Waals surface area contributed by atoms with Gasteiger partial charge in [-0.2, -0.15) is 0 Å². The van der Waals surface area contributed by atoms with Gasteiger partial charge >= 0.3 is 12.0 Å². The fourth-order valence-electron chi connectivity index (χ4n) is 3.53. The van der Waals surface area contributed by atoms with Crippen LogP contribution in [0.3, 0.4) is 0 Å². The molecule has 2 fully saturated rings. The molecule has 2 aliphatic rings. The highest BCUT2D eigenvalue weighted by Gasteiger charge is 2.35. The van der Waals surface area contributed by atoms with Gasteiger partial charge in [-0.25, -0.2) is 4.79 Å². The quantitative estimate of drug-likeness (QED) is 0.865. The molecule has 0 radical (unpaired) electrons. The van der Waals surface area contributed by atoms with Crippen LogP contribution in [0.25, 0.3) is 0 Å². The highest BCUT2D eigenvalue weighted by atomic mass is 16.4. The Labute approximate surface area is 120 Å². The lowest BCUT2D eigenvalue weighted by atomic mass is 9.98. The first-order chi connectivity index (χ1) is 9.49. The van der Waals surface area contributed by atoms with E-state index in [1.807, 2.05) is 9.80 Å². The lowest BCUT2D eigenvalue weighted by molar-refractivity contribution is -0.137. The van der Waals surface area contributed by atoms with Crippen LogP contribution in [-0.2, 0) is 4.79 Å². The van der Waals surface area contributed by atoms with E-state index >= 15 is 0 Å². The van der Waals surface area contributed by atoms with E-state index in [9.17, 15) is 9.59 Å². The van der Waals surface area contributed by atoms with Crippen molar-refractivity contribution in [3.05, 3.63) is 0 Å². The van der Waals surface area contributed by atoms with Crippen molar-refractivity contribution in [2.24, 2.45) is 5.92 Å². The number of piperidine rings is 1. The average molecular weight is 282 g/mol. The number of hydrogen-bond acceptors (Lipinski definition) is 2. The standard InChI is InChI=1S/C15H26N2O3/c1-11-4-3-5-12(2)17(11)15(20)16-9-8-13(10-16)6-7-14(18)19/h11-13H,3-10H2,1-2H3,(H,18,19)/t11-,12+,13?. The fourth-order valence-corrected chi connectivity index (χ4v) is 3.53. The lowest BCUT2D eigenvalue weighted by Crippen LogP contribution is -2.52. The SMILES string of the molecule is C[C@@H]1CCC[C@H](C)N1C(=O)N1CCC(CCC(=O)O)C1. The summed E-state index contributed by atoms with van der Waals surface area (Å²) >= 11 is 0. The molecule has 2 aliphatic heterocycles. The van der Waals surface area contributed by atoms with E-state index in [1.165, 1.54) is 6.42 Å². The van der Waals surface area contributed by atoms with E-state index in [4.69, 9.17) is 5.11 Å². The minimum atomic E-state index is -0.743. The monoisotopic (exact) mass is 282 g/mol. The number of carbonyl (C=O) groups is 2. The molecule has 114 valence electrons. The molecule has 2 amide bonds. The highest BCUT2D eigenvalue weighted by molar-refractivity contribution is 5.75. The summed E-state index contributed by atoms with van der Waals surface area (Å²) in [4.78, 5) is 27.2. The molecular formula is C15H26N2O3. The second-order valence-electron chi connectivity index (χ2n) is 6.35. The number of carboxylic acids is 1. The first-order valence-electron chi connectivity index (χ1n) is 7.78. The Morgan fingerprint density at radius 3 is 2.40 bits per heavy atom. The molecule has 0 bridgehead atoms. The van der Waals surface area contributed by atoms with Crippen LogP contribution in [0.4, 0.5) is 4.79 Å². The lowest BCUT2D eigenvalue weighted by Gasteiger charge is -2.41. The van der Waals surface area contributed by atoms with Gasteiger partial charge in [0.05, 0.1) is 0 Å². The third-order valence-electron chi connectivity index (χ3n) is 4.74. The smallest absolute Gasteiger partial charge is 0.320 e. The van der Waals surface area contributed by atoms with E-state index in [1.54, 1.807) is 0 Å². The molecule has 5 heteroatoms. The van der Waals surface area contributed by atoms with Crippen molar-refractivity contribution in [1.29, 1.82) is 0 Å². The van der Waals surface area contributed by atoms with Gasteiger partial charge in [0, 0.05) is 31.6 Å². The maximum Gasteiger partial charge on any atom is 0.320 e. The van der Waals surface area contributed by atoms with E-state index < -0.39 is 5.97 Å². The maximum absolute atomic E-state index is 12.6. The van der Waals surface area contributed by atoms with Crippen LogP contribution < -0.4 is 0 Å². The van der Waals surface area contributed by atoms with Gasteiger partial charge in [0.1, 0.15) is 0 Å². The normalized spacial score (nSPS) is 30.6. The van der Waals surface area contributed by atoms with Crippen molar-refractivity contribution in [2.75, 3.05) is 13.1 Å². The van der Waals surface area contributed by atoms with E-state index in [0.29, 0.717) is 24.4 Å². The van der Waals surface area contributed by atoms with Crippen LogP contribution in [0.1, 0.15) is 52.4 Å². The van der Waals surface area contributed by atoms with Crippen molar-refractivity contribution in [3.8, 4) is 0 Å². The molecule has 0 aromatic carbocycles. The summed E-state index contributed by atoms with van der Waals surface area (Å²) in [6.07, 6.45) is 5.22. The molecule has 1 unspecified atom stereocenters. The number of rotatable bonds is 3. The van der Waals surface area contributed by atoms with Gasteiger partial charge < -0.3 is 14.9 Å². The second kappa shape index (κ2) is 6.46. The Hall–Kier alpha value is -1.26. The first-order valence-corrected chi connectivity index (χ1v) is 7.78. The summed E-state index contributed by atoms with van der Waals surface area (Å²) in [7, 11) is 0. The van der Waals surface area contributed by atoms with Gasteiger partial charge in [-0.3, -0.25) is 4.79 Å². The molecule has 0 aromatic rings. The number of likely N-dealkylation sites (tertiary alicyclic amines) is 2. The van der Waals surface area contributed by atoms with Crippen LogP contribution in [0.15, 0.2) is 0 Å². The third-order valence-corrected chi connectivity index (χ3v) is 4.74. The molecular weight excluding hydrogens is 256 g/mol. The van der Waals surface area contributed by atoms with Gasteiger partial charge in [0.25, 0.3) is 0 Å². The fraction of sp³-hybridized carbons (Fsp3) is 0.867. The van der Waals surface area contributed by atoms with E-state index in [-0.39, 0.29) is 12.5 Å².